The minimum atomic E-state index is -0.522. The van der Waals surface area contributed by atoms with Gasteiger partial charge in [0.2, 0.25) is 5.65 Å². The van der Waals surface area contributed by atoms with Crippen LogP contribution in [0.2, 0.25) is 5.02 Å². The molecular formula is C16H10ClFN4O. The van der Waals surface area contributed by atoms with E-state index in [1.165, 1.54) is 21.2 Å². The third-order valence-electron chi connectivity index (χ3n) is 3.74. The van der Waals surface area contributed by atoms with Gasteiger partial charge in [-0.3, -0.25) is 18.7 Å². The minimum Gasteiger partial charge on any atom is -0.291 e. The first-order valence-corrected chi connectivity index (χ1v) is 7.24. The molecule has 0 N–H and O–H groups in total. The zero-order valence-corrected chi connectivity index (χ0v) is 12.8. The molecular weight excluding hydrogens is 319 g/mol. The maximum atomic E-state index is 14.5. The van der Waals surface area contributed by atoms with E-state index in [0.717, 1.165) is 0 Å². The van der Waals surface area contributed by atoms with Gasteiger partial charge in [0.25, 0.3) is 5.56 Å². The van der Waals surface area contributed by atoms with Crippen LogP contribution in [0.25, 0.3) is 22.4 Å². The molecule has 23 heavy (non-hydrogen) atoms. The summed E-state index contributed by atoms with van der Waals surface area (Å²) in [5, 5.41) is 0.212. The molecule has 3 aromatic heterocycles. The molecule has 0 fully saturated rings. The van der Waals surface area contributed by atoms with E-state index in [1.807, 2.05) is 0 Å². The van der Waals surface area contributed by atoms with Gasteiger partial charge in [0, 0.05) is 23.6 Å². The molecule has 0 aliphatic rings. The molecule has 0 spiro atoms. The molecule has 5 nitrogen and oxygen atoms in total. The fourth-order valence-electron chi connectivity index (χ4n) is 2.76. The second-order valence-electron chi connectivity index (χ2n) is 5.12. The zero-order chi connectivity index (χ0) is 16.1. The van der Waals surface area contributed by atoms with Gasteiger partial charge in [-0.2, -0.15) is 0 Å². The average Bonchev–Trinajstić information content (AvgIpc) is 2.98. The Morgan fingerprint density at radius 3 is 2.83 bits per heavy atom. The predicted molar refractivity (Wildman–Crippen MR) is 85.8 cm³/mol. The van der Waals surface area contributed by atoms with Crippen molar-refractivity contribution >= 4 is 28.3 Å². The second-order valence-corrected chi connectivity index (χ2v) is 5.56. The van der Waals surface area contributed by atoms with Crippen molar-refractivity contribution in [2.24, 2.45) is 0 Å². The number of hydrogen-bond donors (Lipinski definition) is 0. The van der Waals surface area contributed by atoms with E-state index in [2.05, 4.69) is 9.97 Å². The SMILES string of the molecule is Cc1ncccc1-n1c(=O)c2nccn2c2c(F)cc(Cl)cc21. The van der Waals surface area contributed by atoms with Gasteiger partial charge in [-0.15, -0.1) is 0 Å². The Labute approximate surface area is 134 Å². The van der Waals surface area contributed by atoms with Crippen molar-refractivity contribution in [3.8, 4) is 5.69 Å². The zero-order valence-electron chi connectivity index (χ0n) is 12.0. The summed E-state index contributed by atoms with van der Waals surface area (Å²) in [5.74, 6) is -0.522. The first kappa shape index (κ1) is 13.9. The minimum absolute atomic E-state index is 0.141. The Kier molecular flexibility index (Phi) is 2.96. The molecule has 0 saturated carbocycles. The summed E-state index contributed by atoms with van der Waals surface area (Å²) in [7, 11) is 0. The fraction of sp³-hybridized carbons (Fsp3) is 0.0625. The predicted octanol–water partition coefficient (Wildman–Crippen LogP) is 3.13. The quantitative estimate of drug-likeness (QED) is 0.539. The molecule has 3 heterocycles. The Bertz CT molecular complexity index is 1130. The molecule has 0 aliphatic heterocycles. The van der Waals surface area contributed by atoms with Crippen LogP contribution >= 0.6 is 11.6 Å². The van der Waals surface area contributed by atoms with Gasteiger partial charge in [0.15, 0.2) is 5.82 Å². The van der Waals surface area contributed by atoms with Crippen LogP contribution < -0.4 is 5.56 Å². The number of nitrogens with zero attached hydrogens (tertiary/aromatic N) is 4. The molecule has 0 radical (unpaired) electrons. The van der Waals surface area contributed by atoms with Crippen LogP contribution in [0.1, 0.15) is 5.69 Å². The molecule has 4 rings (SSSR count). The highest BCUT2D eigenvalue weighted by Crippen LogP contribution is 2.25. The summed E-state index contributed by atoms with van der Waals surface area (Å²) >= 11 is 6.00. The monoisotopic (exact) mass is 328 g/mol. The van der Waals surface area contributed by atoms with E-state index >= 15 is 0 Å². The van der Waals surface area contributed by atoms with Crippen LogP contribution in [0.15, 0.2) is 47.7 Å². The van der Waals surface area contributed by atoms with E-state index in [-0.39, 0.29) is 21.7 Å². The Morgan fingerprint density at radius 1 is 1.22 bits per heavy atom. The molecule has 0 saturated heterocycles. The second kappa shape index (κ2) is 4.89. The van der Waals surface area contributed by atoms with Gasteiger partial charge in [0.05, 0.1) is 16.9 Å². The molecule has 0 unspecified atom stereocenters. The number of aromatic nitrogens is 4. The lowest BCUT2D eigenvalue weighted by atomic mass is 10.2. The van der Waals surface area contributed by atoms with Crippen molar-refractivity contribution in [2.45, 2.75) is 6.92 Å². The average molecular weight is 329 g/mol. The lowest BCUT2D eigenvalue weighted by Gasteiger charge is -2.14. The Morgan fingerprint density at radius 2 is 2.04 bits per heavy atom. The largest absolute Gasteiger partial charge is 0.299 e. The third-order valence-corrected chi connectivity index (χ3v) is 3.96. The Hall–Kier alpha value is -2.73. The van der Waals surface area contributed by atoms with E-state index in [1.54, 1.807) is 37.5 Å². The third kappa shape index (κ3) is 1.95. The normalized spacial score (nSPS) is 11.4. The standard InChI is InChI=1S/C16H10ClFN4O/c1-9-12(3-2-4-19-9)22-13-8-10(17)7-11(18)14(13)21-6-5-20-15(21)16(22)23/h2-8H,1H3. The van der Waals surface area contributed by atoms with Crippen molar-refractivity contribution in [3.05, 3.63) is 69.7 Å². The number of rotatable bonds is 1. The molecule has 4 aromatic rings. The topological polar surface area (TPSA) is 52.2 Å². The van der Waals surface area contributed by atoms with Crippen molar-refractivity contribution in [1.29, 1.82) is 0 Å². The number of aryl methyl sites for hydroxylation is 1. The van der Waals surface area contributed by atoms with Crippen LogP contribution in [0.4, 0.5) is 4.39 Å². The smallest absolute Gasteiger partial charge is 0.291 e. The molecule has 114 valence electrons. The number of imidazole rings is 1. The summed E-state index contributed by atoms with van der Waals surface area (Å²) in [5.41, 5.74) is 1.59. The van der Waals surface area contributed by atoms with Gasteiger partial charge in [-0.05, 0) is 31.2 Å². The summed E-state index contributed by atoms with van der Waals surface area (Å²) in [6, 6.07) is 6.25. The number of halogens is 2. The van der Waals surface area contributed by atoms with Gasteiger partial charge in [0.1, 0.15) is 5.52 Å². The van der Waals surface area contributed by atoms with E-state index in [9.17, 15) is 9.18 Å². The lowest BCUT2D eigenvalue weighted by molar-refractivity contribution is 0.634. The maximum absolute atomic E-state index is 14.5. The summed E-state index contributed by atoms with van der Waals surface area (Å²) in [6.45, 7) is 1.78. The molecule has 0 amide bonds. The van der Waals surface area contributed by atoms with E-state index in [4.69, 9.17) is 11.6 Å². The van der Waals surface area contributed by atoms with Crippen LogP contribution in [-0.2, 0) is 0 Å². The number of fused-ring (bicyclic) bond motifs is 3. The molecule has 0 aliphatic carbocycles. The summed E-state index contributed by atoms with van der Waals surface area (Å²) < 4.78 is 17.4. The molecule has 7 heteroatoms. The van der Waals surface area contributed by atoms with Crippen molar-refractivity contribution in [3.63, 3.8) is 0 Å². The highest BCUT2D eigenvalue weighted by atomic mass is 35.5. The van der Waals surface area contributed by atoms with E-state index in [0.29, 0.717) is 16.9 Å². The number of hydrogen-bond acceptors (Lipinski definition) is 3. The molecule has 1 aromatic carbocycles. The van der Waals surface area contributed by atoms with Gasteiger partial charge < -0.3 is 0 Å². The van der Waals surface area contributed by atoms with Crippen LogP contribution in [0.3, 0.4) is 0 Å². The molecule has 0 bridgehead atoms. The van der Waals surface area contributed by atoms with Gasteiger partial charge in [-0.25, -0.2) is 9.37 Å². The highest BCUT2D eigenvalue weighted by Gasteiger charge is 2.18. The summed E-state index contributed by atoms with van der Waals surface area (Å²) in [4.78, 5) is 21.1. The number of benzene rings is 1. The van der Waals surface area contributed by atoms with Crippen molar-refractivity contribution in [2.75, 3.05) is 0 Å². The van der Waals surface area contributed by atoms with Gasteiger partial charge in [-0.1, -0.05) is 11.6 Å². The van der Waals surface area contributed by atoms with Crippen LogP contribution in [0.5, 0.6) is 0 Å². The fourth-order valence-corrected chi connectivity index (χ4v) is 2.96. The summed E-state index contributed by atoms with van der Waals surface area (Å²) in [6.07, 6.45) is 4.65. The Balaban J connectivity index is 2.33. The van der Waals surface area contributed by atoms with Crippen LogP contribution in [-0.4, -0.2) is 18.9 Å². The van der Waals surface area contributed by atoms with Crippen molar-refractivity contribution < 1.29 is 4.39 Å². The van der Waals surface area contributed by atoms with Crippen LogP contribution in [0, 0.1) is 12.7 Å². The highest BCUT2D eigenvalue weighted by molar-refractivity contribution is 6.31. The van der Waals surface area contributed by atoms with Crippen molar-refractivity contribution in [1.82, 2.24) is 18.9 Å². The lowest BCUT2D eigenvalue weighted by Crippen LogP contribution is -2.23. The first-order chi connectivity index (χ1) is 11.1. The first-order valence-electron chi connectivity index (χ1n) is 6.87. The van der Waals surface area contributed by atoms with Gasteiger partial charge >= 0.3 is 0 Å². The van der Waals surface area contributed by atoms with E-state index < -0.39 is 5.82 Å². The number of pyridine rings is 1. The molecule has 0 atom stereocenters. The maximum Gasteiger partial charge on any atom is 0.299 e.